The van der Waals surface area contributed by atoms with Crippen molar-refractivity contribution in [3.05, 3.63) is 23.8 Å². The molecule has 0 spiro atoms. The molecule has 0 radical (unpaired) electrons. The maximum atomic E-state index is 13.0. The molecule has 1 amide bonds. The fraction of sp³-hybridized carbons (Fsp3) is 0.588. The first-order valence-corrected chi connectivity index (χ1v) is 9.78. The van der Waals surface area contributed by atoms with E-state index in [1.807, 2.05) is 13.0 Å². The molecule has 1 saturated heterocycles. The van der Waals surface area contributed by atoms with E-state index in [1.54, 1.807) is 21.3 Å². The smallest absolute Gasteiger partial charge is 0.243 e. The molecule has 23 heavy (non-hydrogen) atoms. The molecule has 0 bridgehead atoms. The van der Waals surface area contributed by atoms with Gasteiger partial charge in [-0.1, -0.05) is 12.5 Å². The van der Waals surface area contributed by atoms with Gasteiger partial charge in [0.05, 0.1) is 4.90 Å². The number of fused-ring (bicyclic) bond motifs is 1. The van der Waals surface area contributed by atoms with E-state index in [9.17, 15) is 13.2 Å². The van der Waals surface area contributed by atoms with Gasteiger partial charge in [-0.05, 0) is 50.3 Å². The van der Waals surface area contributed by atoms with Crippen molar-refractivity contribution in [1.29, 1.82) is 0 Å². The lowest BCUT2D eigenvalue weighted by atomic mass is 10.0. The van der Waals surface area contributed by atoms with E-state index in [-0.39, 0.29) is 11.9 Å². The molecule has 126 valence electrons. The molecule has 0 aromatic heterocycles. The van der Waals surface area contributed by atoms with E-state index >= 15 is 0 Å². The molecule has 0 N–H and O–H groups in total. The molecule has 2 heterocycles. The third-order valence-corrected chi connectivity index (χ3v) is 6.91. The number of sulfonamides is 1. The largest absolute Gasteiger partial charge is 0.312 e. The van der Waals surface area contributed by atoms with Gasteiger partial charge in [0, 0.05) is 31.7 Å². The number of piperidine rings is 1. The minimum atomic E-state index is -3.50. The van der Waals surface area contributed by atoms with Crippen molar-refractivity contribution in [2.75, 3.05) is 18.0 Å². The second kappa shape index (κ2) is 6.24. The predicted octanol–water partition coefficient (Wildman–Crippen LogP) is 2.55. The number of amides is 1. The number of hydrogen-bond acceptors (Lipinski definition) is 3. The first kappa shape index (κ1) is 16.5. The van der Waals surface area contributed by atoms with Crippen LogP contribution in [0, 0.1) is 0 Å². The highest BCUT2D eigenvalue weighted by atomic mass is 32.2. The lowest BCUT2D eigenvalue weighted by Crippen LogP contribution is -2.42. The van der Waals surface area contributed by atoms with Crippen LogP contribution in [-0.2, 0) is 21.2 Å². The molecule has 1 fully saturated rings. The van der Waals surface area contributed by atoms with E-state index in [0.717, 1.165) is 43.4 Å². The molecule has 1 atom stereocenters. The monoisotopic (exact) mass is 336 g/mol. The van der Waals surface area contributed by atoms with Crippen LogP contribution in [0.4, 0.5) is 5.69 Å². The summed E-state index contributed by atoms with van der Waals surface area (Å²) in [5, 5.41) is 0. The molecule has 1 aromatic carbocycles. The first-order valence-electron chi connectivity index (χ1n) is 8.34. The van der Waals surface area contributed by atoms with Crippen molar-refractivity contribution in [3.63, 3.8) is 0 Å². The summed E-state index contributed by atoms with van der Waals surface area (Å²) in [4.78, 5) is 13.8. The molecule has 1 aromatic rings. The third-order valence-electron chi connectivity index (χ3n) is 4.90. The van der Waals surface area contributed by atoms with Crippen LogP contribution in [0.15, 0.2) is 23.1 Å². The Kier molecular flexibility index (Phi) is 4.47. The third kappa shape index (κ3) is 3.02. The quantitative estimate of drug-likeness (QED) is 0.834. The van der Waals surface area contributed by atoms with Crippen molar-refractivity contribution in [1.82, 2.24) is 4.31 Å². The second-order valence-corrected chi connectivity index (χ2v) is 8.42. The summed E-state index contributed by atoms with van der Waals surface area (Å²) in [5.74, 6) is -0.0353. The Bertz CT molecular complexity index is 715. The zero-order chi connectivity index (χ0) is 16.6. The molecule has 5 nitrogen and oxygen atoms in total. The van der Waals surface area contributed by atoms with E-state index in [2.05, 4.69) is 0 Å². The van der Waals surface area contributed by atoms with Gasteiger partial charge in [-0.25, -0.2) is 8.42 Å². The Morgan fingerprint density at radius 2 is 1.96 bits per heavy atom. The minimum Gasteiger partial charge on any atom is -0.312 e. The highest BCUT2D eigenvalue weighted by Crippen LogP contribution is 2.32. The van der Waals surface area contributed by atoms with Crippen LogP contribution in [0.1, 0.15) is 45.1 Å². The van der Waals surface area contributed by atoms with Gasteiger partial charge >= 0.3 is 0 Å². The van der Waals surface area contributed by atoms with Gasteiger partial charge in [0.1, 0.15) is 0 Å². The van der Waals surface area contributed by atoms with Crippen LogP contribution in [-0.4, -0.2) is 37.8 Å². The molecular weight excluding hydrogens is 312 g/mol. The molecule has 2 aliphatic heterocycles. The van der Waals surface area contributed by atoms with Crippen LogP contribution in [0.5, 0.6) is 0 Å². The van der Waals surface area contributed by atoms with E-state index < -0.39 is 10.0 Å². The molecule has 0 saturated carbocycles. The number of benzene rings is 1. The number of aryl methyl sites for hydroxylation is 1. The van der Waals surface area contributed by atoms with E-state index in [4.69, 9.17) is 0 Å². The Balaban J connectivity index is 2.00. The molecule has 1 unspecified atom stereocenters. The van der Waals surface area contributed by atoms with Crippen LogP contribution in [0.25, 0.3) is 0 Å². The van der Waals surface area contributed by atoms with Gasteiger partial charge in [-0.2, -0.15) is 4.31 Å². The number of nitrogens with zero attached hydrogens (tertiary/aromatic N) is 2. The van der Waals surface area contributed by atoms with Crippen LogP contribution >= 0.6 is 0 Å². The number of carbonyl (C=O) groups is 1. The Morgan fingerprint density at radius 1 is 1.17 bits per heavy atom. The maximum Gasteiger partial charge on any atom is 0.243 e. The van der Waals surface area contributed by atoms with Crippen molar-refractivity contribution in [3.8, 4) is 0 Å². The van der Waals surface area contributed by atoms with Crippen molar-refractivity contribution in [2.45, 2.75) is 56.9 Å². The summed E-state index contributed by atoms with van der Waals surface area (Å²) < 4.78 is 27.6. The number of anilines is 1. The number of carbonyl (C=O) groups excluding carboxylic acids is 1. The van der Waals surface area contributed by atoms with Gasteiger partial charge < -0.3 is 4.90 Å². The Labute approximate surface area is 138 Å². The zero-order valence-corrected chi connectivity index (χ0v) is 14.6. The number of hydrogen-bond donors (Lipinski definition) is 0. The van der Waals surface area contributed by atoms with Crippen LogP contribution in [0.3, 0.4) is 0 Å². The molecule has 6 heteroatoms. The number of rotatable bonds is 2. The van der Waals surface area contributed by atoms with Gasteiger partial charge in [-0.15, -0.1) is 0 Å². The molecular formula is C17H24N2O3S. The van der Waals surface area contributed by atoms with Crippen LogP contribution in [0.2, 0.25) is 0 Å². The normalized spacial score (nSPS) is 22.7. The zero-order valence-electron chi connectivity index (χ0n) is 13.8. The van der Waals surface area contributed by atoms with Crippen molar-refractivity contribution < 1.29 is 13.2 Å². The molecule has 0 aliphatic carbocycles. The average Bonchev–Trinajstić information content (AvgIpc) is 2.53. The highest BCUT2D eigenvalue weighted by molar-refractivity contribution is 7.89. The van der Waals surface area contributed by atoms with E-state index in [0.29, 0.717) is 18.0 Å². The Hall–Kier alpha value is -1.40. The summed E-state index contributed by atoms with van der Waals surface area (Å²) in [5.41, 5.74) is 1.81. The lowest BCUT2D eigenvalue weighted by Gasteiger charge is -2.33. The summed E-state index contributed by atoms with van der Waals surface area (Å²) in [6, 6.07) is 5.28. The van der Waals surface area contributed by atoms with Crippen molar-refractivity contribution in [2.24, 2.45) is 0 Å². The summed E-state index contributed by atoms with van der Waals surface area (Å²) >= 11 is 0. The minimum absolute atomic E-state index is 0.0353. The Morgan fingerprint density at radius 3 is 2.65 bits per heavy atom. The first-order chi connectivity index (χ1) is 10.9. The average molecular weight is 336 g/mol. The topological polar surface area (TPSA) is 57.7 Å². The summed E-state index contributed by atoms with van der Waals surface area (Å²) in [6.07, 6.45) is 4.70. The van der Waals surface area contributed by atoms with Gasteiger partial charge in [0.2, 0.25) is 15.9 Å². The van der Waals surface area contributed by atoms with Gasteiger partial charge in [-0.3, -0.25) is 4.79 Å². The second-order valence-electron chi connectivity index (χ2n) is 6.53. The highest BCUT2D eigenvalue weighted by Gasteiger charge is 2.32. The van der Waals surface area contributed by atoms with Crippen molar-refractivity contribution >= 4 is 21.6 Å². The maximum absolute atomic E-state index is 13.0. The predicted molar refractivity (Wildman–Crippen MR) is 90.0 cm³/mol. The van der Waals surface area contributed by atoms with Gasteiger partial charge in [0.15, 0.2) is 0 Å². The summed E-state index contributed by atoms with van der Waals surface area (Å²) in [6.45, 7) is 4.74. The fourth-order valence-corrected chi connectivity index (χ4v) is 5.33. The summed E-state index contributed by atoms with van der Waals surface area (Å²) in [7, 11) is -3.50. The van der Waals surface area contributed by atoms with Crippen LogP contribution < -0.4 is 4.90 Å². The van der Waals surface area contributed by atoms with E-state index in [1.165, 1.54) is 6.92 Å². The standard InChI is InChI=1S/C17H24N2O3S/c1-13-6-3-4-11-19(13)23(21,22)16-9-8-15-7-5-10-18(14(2)20)17(15)12-16/h8-9,12-13H,3-7,10-11H2,1-2H3. The SMILES string of the molecule is CC(=O)N1CCCc2ccc(S(=O)(=O)N3CCCCC3C)cc21. The molecule has 3 rings (SSSR count). The molecule has 2 aliphatic rings. The van der Waals surface area contributed by atoms with Gasteiger partial charge in [0.25, 0.3) is 0 Å². The lowest BCUT2D eigenvalue weighted by molar-refractivity contribution is -0.116. The fourth-order valence-electron chi connectivity index (χ4n) is 3.61.